The van der Waals surface area contributed by atoms with Gasteiger partial charge in [-0.05, 0) is 61.8 Å². The van der Waals surface area contributed by atoms with E-state index in [1.807, 2.05) is 24.3 Å². The van der Waals surface area contributed by atoms with Crippen molar-refractivity contribution >= 4 is 0 Å². The van der Waals surface area contributed by atoms with Gasteiger partial charge in [-0.1, -0.05) is 41.5 Å². The third-order valence-corrected chi connectivity index (χ3v) is 3.30. The minimum atomic E-state index is -2.00. The monoisotopic (exact) mass is 386 g/mol. The zero-order valence-electron chi connectivity index (χ0n) is 17.0. The average molecular weight is 386 g/mol. The van der Waals surface area contributed by atoms with E-state index in [-0.39, 0.29) is 23.0 Å². The summed E-state index contributed by atoms with van der Waals surface area (Å²) in [6, 6.07) is 7.99. The van der Waals surface area contributed by atoms with E-state index in [4.69, 9.17) is 16.1 Å². The molecule has 4 nitrogen and oxygen atoms in total. The summed E-state index contributed by atoms with van der Waals surface area (Å²) in [6.07, 6.45) is 2.50. The van der Waals surface area contributed by atoms with Gasteiger partial charge in [0.25, 0.3) is 0 Å². The van der Waals surface area contributed by atoms with Crippen LogP contribution in [0.3, 0.4) is 0 Å². The van der Waals surface area contributed by atoms with Crippen LogP contribution >= 0.6 is 0 Å². The molecule has 142 valence electrons. The van der Waals surface area contributed by atoms with Crippen molar-refractivity contribution in [2.24, 2.45) is 10.8 Å². The second-order valence-corrected chi connectivity index (χ2v) is 9.20. The molecule has 0 aliphatic heterocycles. The molecule has 0 aromatic heterocycles. The van der Waals surface area contributed by atoms with Crippen molar-refractivity contribution in [3.8, 4) is 11.5 Å². The molecular weight excluding hydrogens is 352 g/mol. The summed E-state index contributed by atoms with van der Waals surface area (Å²) in [5.74, 6) is 1.82. The molecule has 0 saturated carbocycles. The van der Waals surface area contributed by atoms with Crippen LogP contribution in [0.2, 0.25) is 0 Å². The fraction of sp³-hybridized carbons (Fsp3) is 0.700. The predicted octanol–water partition coefficient (Wildman–Crippen LogP) is 5.85. The minimum absolute atomic E-state index is 0.214. The predicted molar refractivity (Wildman–Crippen MR) is 96.1 cm³/mol. The molecule has 0 radical (unpaired) electrons. The van der Waals surface area contributed by atoms with E-state index >= 15 is 0 Å². The summed E-state index contributed by atoms with van der Waals surface area (Å²) in [5, 5.41) is 0. The topological polar surface area (TPSA) is 52.6 Å². The van der Waals surface area contributed by atoms with Crippen molar-refractivity contribution in [2.45, 2.75) is 80.4 Å². The van der Waals surface area contributed by atoms with Crippen LogP contribution in [0.1, 0.15) is 68.2 Å². The maximum absolute atomic E-state index is 8.50. The Morgan fingerprint density at radius 1 is 0.760 bits per heavy atom. The molecule has 0 amide bonds. The maximum atomic E-state index is 8.50. The second kappa shape index (κ2) is 11.0. The average Bonchev–Trinajstić information content (AvgIpc) is 2.37. The first-order chi connectivity index (χ1) is 11.4. The molecule has 0 spiro atoms. The molecule has 0 heterocycles. The molecule has 0 saturated heterocycles. The van der Waals surface area contributed by atoms with Crippen LogP contribution < -0.4 is 9.47 Å². The normalized spacial score (nSPS) is 13.8. The van der Waals surface area contributed by atoms with Gasteiger partial charge in [-0.2, -0.15) is 0 Å². The van der Waals surface area contributed by atoms with Gasteiger partial charge in [0.05, 0.1) is 12.2 Å². The molecule has 1 aromatic carbocycles. The third kappa shape index (κ3) is 14.0. The summed E-state index contributed by atoms with van der Waals surface area (Å²) in [6.45, 7) is 17.7. The Kier molecular flexibility index (Phi) is 10.6. The van der Waals surface area contributed by atoms with Crippen molar-refractivity contribution in [2.75, 3.05) is 0 Å². The Hall–Kier alpha value is -0.866. The Morgan fingerprint density at radius 2 is 1.00 bits per heavy atom. The van der Waals surface area contributed by atoms with Crippen LogP contribution in [0.25, 0.3) is 0 Å². The van der Waals surface area contributed by atoms with E-state index < -0.39 is 19.1 Å². The molecule has 0 N–H and O–H groups in total. The Bertz CT molecular complexity index is 477. The van der Waals surface area contributed by atoms with Crippen LogP contribution in [-0.2, 0) is 25.7 Å². The Morgan fingerprint density at radius 3 is 1.20 bits per heavy atom. The summed E-state index contributed by atoms with van der Waals surface area (Å²) in [4.78, 5) is 0. The number of ether oxygens (including phenoxy) is 2. The molecule has 0 fully saturated rings. The molecule has 25 heavy (non-hydrogen) atoms. The van der Waals surface area contributed by atoms with Gasteiger partial charge < -0.3 is 9.47 Å². The quantitative estimate of drug-likeness (QED) is 0.575. The first kappa shape index (κ1) is 24.1. The number of benzene rings is 1. The van der Waals surface area contributed by atoms with Crippen molar-refractivity contribution in [3.05, 3.63) is 24.3 Å². The third-order valence-electron chi connectivity index (χ3n) is 3.30. The van der Waals surface area contributed by atoms with Crippen molar-refractivity contribution < 1.29 is 35.2 Å². The molecule has 0 aliphatic carbocycles. The molecule has 1 aromatic rings. The van der Waals surface area contributed by atoms with Crippen molar-refractivity contribution in [1.82, 2.24) is 0 Å². The molecule has 0 bridgehead atoms. The molecular formula is C20H34O4Ti. The summed E-state index contributed by atoms with van der Waals surface area (Å²) in [7, 11) is 0. The van der Waals surface area contributed by atoms with Gasteiger partial charge in [0.15, 0.2) is 0 Å². The first-order valence-corrected chi connectivity index (χ1v) is 10.1. The van der Waals surface area contributed by atoms with E-state index in [2.05, 4.69) is 55.4 Å². The second-order valence-electron chi connectivity index (χ2n) is 8.94. The van der Waals surface area contributed by atoms with E-state index in [0.29, 0.717) is 0 Å². The molecule has 2 atom stereocenters. The number of hydrogen-bond acceptors (Lipinski definition) is 4. The Balaban J connectivity index is 0.00000178. The molecule has 2 unspecified atom stereocenters. The van der Waals surface area contributed by atoms with E-state index in [0.717, 1.165) is 24.3 Å². The summed E-state index contributed by atoms with van der Waals surface area (Å²) < 4.78 is 29.0. The van der Waals surface area contributed by atoms with E-state index in [1.54, 1.807) is 0 Å². The summed E-state index contributed by atoms with van der Waals surface area (Å²) >= 11 is -2.00. The van der Waals surface area contributed by atoms with E-state index in [9.17, 15) is 0 Å². The van der Waals surface area contributed by atoms with Gasteiger partial charge in [0.2, 0.25) is 0 Å². The van der Waals surface area contributed by atoms with Gasteiger partial charge >= 0.3 is 25.7 Å². The fourth-order valence-electron chi connectivity index (χ4n) is 2.87. The van der Waals surface area contributed by atoms with Crippen LogP contribution in [-0.4, -0.2) is 12.2 Å². The van der Waals surface area contributed by atoms with Crippen molar-refractivity contribution in [3.63, 3.8) is 0 Å². The van der Waals surface area contributed by atoms with E-state index in [1.165, 1.54) is 0 Å². The van der Waals surface area contributed by atoms with Crippen molar-refractivity contribution in [1.29, 1.82) is 0 Å². The number of rotatable bonds is 6. The van der Waals surface area contributed by atoms with Gasteiger partial charge in [-0.3, -0.25) is 0 Å². The molecule has 1 rings (SSSR count). The first-order valence-electron chi connectivity index (χ1n) is 8.79. The van der Waals surface area contributed by atoms with Crippen LogP contribution in [0, 0.1) is 10.8 Å². The molecule has 0 aliphatic rings. The molecule has 5 heteroatoms. The van der Waals surface area contributed by atoms with Crippen LogP contribution in [0.4, 0.5) is 0 Å². The van der Waals surface area contributed by atoms with Gasteiger partial charge in [0, 0.05) is 0 Å². The van der Waals surface area contributed by atoms with Crippen LogP contribution in [0.5, 0.6) is 11.5 Å². The van der Waals surface area contributed by atoms with Gasteiger partial charge in [-0.25, -0.2) is 0 Å². The number of hydrogen-bond donors (Lipinski definition) is 0. The fourth-order valence-corrected chi connectivity index (χ4v) is 2.87. The van der Waals surface area contributed by atoms with Crippen LogP contribution in [0.15, 0.2) is 24.3 Å². The SMILES string of the molecule is CC(CC(C)(C)C)Oc1ccc(OC(C)CC(C)(C)C)cc1.[O]=[Ti]=[O]. The van der Waals surface area contributed by atoms with Gasteiger partial charge in [-0.15, -0.1) is 0 Å². The summed E-state index contributed by atoms with van der Waals surface area (Å²) in [5.41, 5.74) is 0.565. The Labute approximate surface area is 162 Å². The van der Waals surface area contributed by atoms with Gasteiger partial charge in [0.1, 0.15) is 11.5 Å². The zero-order valence-corrected chi connectivity index (χ0v) is 18.6. The zero-order chi connectivity index (χ0) is 19.7. The standard InChI is InChI=1S/C20H34O2.2O.Ti/c1-15(13-19(3,4)5)21-17-9-11-18(12-10-17)22-16(2)14-20(6,7)8;;;/h9-12,15-16H,13-14H2,1-8H3;;;.